The molecule has 0 aliphatic carbocycles. The number of hydrogen-bond acceptors (Lipinski definition) is 3. The van der Waals surface area contributed by atoms with Gasteiger partial charge in [0.25, 0.3) is 0 Å². The van der Waals surface area contributed by atoms with Gasteiger partial charge in [0.05, 0.1) is 0 Å². The second-order valence-corrected chi connectivity index (χ2v) is 4.33. The molecule has 14 heavy (non-hydrogen) atoms. The van der Waals surface area contributed by atoms with E-state index in [9.17, 15) is 0 Å². The molecule has 1 fully saturated rings. The van der Waals surface area contributed by atoms with E-state index in [0.717, 1.165) is 17.6 Å². The average Bonchev–Trinajstić information content (AvgIpc) is 2.67. The Morgan fingerprint density at radius 2 is 2.21 bits per heavy atom. The maximum absolute atomic E-state index is 5.56. The van der Waals surface area contributed by atoms with E-state index < -0.39 is 0 Å². The molecule has 0 amide bonds. The minimum Gasteiger partial charge on any atom is -0.461 e. The third-order valence-corrected chi connectivity index (χ3v) is 2.78. The van der Waals surface area contributed by atoms with E-state index in [1.54, 1.807) is 6.20 Å². The van der Waals surface area contributed by atoms with Crippen molar-refractivity contribution in [2.75, 3.05) is 19.8 Å². The average molecular weight is 257 g/mol. The Balaban J connectivity index is 1.85. The third kappa shape index (κ3) is 2.69. The van der Waals surface area contributed by atoms with Crippen LogP contribution in [0.15, 0.2) is 22.8 Å². The second-order valence-electron chi connectivity index (χ2n) is 3.41. The van der Waals surface area contributed by atoms with Crippen LogP contribution < -0.4 is 4.74 Å². The minimum atomic E-state index is 0.656. The molecule has 0 atom stereocenters. The van der Waals surface area contributed by atoms with E-state index in [4.69, 9.17) is 4.74 Å². The van der Waals surface area contributed by atoms with Crippen molar-refractivity contribution in [1.29, 1.82) is 0 Å². The predicted octanol–water partition coefficient (Wildman–Crippen LogP) is 2.28. The fraction of sp³-hybridized carbons (Fsp3) is 0.500. The first kappa shape index (κ1) is 9.93. The lowest BCUT2D eigenvalue weighted by Crippen LogP contribution is -2.24. The molecule has 1 aliphatic heterocycles. The predicted molar refractivity (Wildman–Crippen MR) is 58.2 cm³/mol. The molecule has 0 radical (unpaired) electrons. The summed E-state index contributed by atoms with van der Waals surface area (Å²) in [6, 6.07) is 3.78. The highest BCUT2D eigenvalue weighted by molar-refractivity contribution is 9.10. The Bertz CT molecular complexity index is 300. The molecule has 0 unspecified atom stereocenters. The highest BCUT2D eigenvalue weighted by atomic mass is 79.9. The van der Waals surface area contributed by atoms with Crippen molar-refractivity contribution in [3.05, 3.63) is 22.8 Å². The van der Waals surface area contributed by atoms with Crippen LogP contribution in [0.5, 0.6) is 5.88 Å². The summed E-state index contributed by atoms with van der Waals surface area (Å²) in [5.41, 5.74) is 0. The quantitative estimate of drug-likeness (QED) is 0.830. The molecule has 2 rings (SSSR count). The molecule has 1 aromatic heterocycles. The molecule has 0 bridgehead atoms. The molecule has 4 heteroatoms. The van der Waals surface area contributed by atoms with Crippen LogP contribution >= 0.6 is 15.9 Å². The topological polar surface area (TPSA) is 25.4 Å². The van der Waals surface area contributed by atoms with Gasteiger partial charge >= 0.3 is 0 Å². The summed E-state index contributed by atoms with van der Waals surface area (Å²) in [5, 5.41) is 0. The highest BCUT2D eigenvalue weighted by Crippen LogP contribution is 2.15. The Morgan fingerprint density at radius 1 is 1.43 bits per heavy atom. The van der Waals surface area contributed by atoms with Crippen LogP contribution in [-0.2, 0) is 0 Å². The smallest absolute Gasteiger partial charge is 0.215 e. The minimum absolute atomic E-state index is 0.656. The number of aromatic nitrogens is 1. The fourth-order valence-electron chi connectivity index (χ4n) is 1.53. The third-order valence-electron chi connectivity index (χ3n) is 2.29. The molecule has 3 nitrogen and oxygen atoms in total. The molecule has 0 N–H and O–H groups in total. The lowest BCUT2D eigenvalue weighted by molar-refractivity contribution is 0.147. The van der Waals surface area contributed by atoms with Crippen molar-refractivity contribution in [1.82, 2.24) is 9.88 Å². The van der Waals surface area contributed by atoms with Crippen LogP contribution in [0.2, 0.25) is 0 Å². The molecule has 2 heterocycles. The van der Waals surface area contributed by atoms with Crippen molar-refractivity contribution in [2.45, 2.75) is 12.8 Å². The van der Waals surface area contributed by atoms with Crippen LogP contribution in [0, 0.1) is 0 Å². The van der Waals surface area contributed by atoms with Gasteiger partial charge in [-0.2, -0.15) is 0 Å². The number of rotatable bonds is 3. The lowest BCUT2D eigenvalue weighted by Gasteiger charge is -2.14. The van der Waals surface area contributed by atoms with E-state index in [2.05, 4.69) is 25.8 Å². The van der Waals surface area contributed by atoms with Crippen LogP contribution in [0.4, 0.5) is 0 Å². The van der Waals surface area contributed by atoms with E-state index in [1.807, 2.05) is 12.1 Å². The van der Waals surface area contributed by atoms with Gasteiger partial charge in [-0.3, -0.25) is 4.90 Å². The zero-order valence-electron chi connectivity index (χ0n) is 7.95. The lowest BCUT2D eigenvalue weighted by atomic mass is 10.4. The fourth-order valence-corrected chi connectivity index (χ4v) is 1.85. The van der Waals surface area contributed by atoms with E-state index in [1.165, 1.54) is 12.8 Å². The molecule has 76 valence electrons. The van der Waals surface area contributed by atoms with Crippen molar-refractivity contribution in [2.24, 2.45) is 0 Å². The second kappa shape index (κ2) is 4.75. The Labute approximate surface area is 92.2 Å². The first-order valence-electron chi connectivity index (χ1n) is 4.81. The molecule has 1 aromatic rings. The number of hydrogen-bond donors (Lipinski definition) is 0. The summed E-state index contributed by atoms with van der Waals surface area (Å²) < 4.78 is 6.56. The summed E-state index contributed by atoms with van der Waals surface area (Å²) in [6.45, 7) is 2.95. The molecule has 1 saturated heterocycles. The number of likely N-dealkylation sites (tertiary alicyclic amines) is 1. The Morgan fingerprint density at radius 3 is 2.93 bits per heavy atom. The van der Waals surface area contributed by atoms with E-state index in [0.29, 0.717) is 12.6 Å². The number of pyridine rings is 1. The van der Waals surface area contributed by atoms with E-state index >= 15 is 0 Å². The van der Waals surface area contributed by atoms with E-state index in [-0.39, 0.29) is 0 Å². The first-order valence-corrected chi connectivity index (χ1v) is 5.60. The van der Waals surface area contributed by atoms with Gasteiger partial charge in [-0.1, -0.05) is 15.9 Å². The maximum atomic E-state index is 5.56. The van der Waals surface area contributed by atoms with Crippen molar-refractivity contribution < 1.29 is 4.74 Å². The Hall–Kier alpha value is -0.610. The summed E-state index contributed by atoms with van der Waals surface area (Å²) in [7, 11) is 0. The number of nitrogens with zero attached hydrogens (tertiary/aromatic N) is 2. The normalized spacial score (nSPS) is 17.2. The molecule has 0 saturated carbocycles. The zero-order chi connectivity index (χ0) is 9.80. The summed E-state index contributed by atoms with van der Waals surface area (Å²) in [6.07, 6.45) is 4.31. The molecule has 0 aromatic carbocycles. The van der Waals surface area contributed by atoms with Crippen LogP contribution in [0.3, 0.4) is 0 Å². The van der Waals surface area contributed by atoms with Gasteiger partial charge < -0.3 is 4.74 Å². The Kier molecular flexibility index (Phi) is 3.37. The molecular formula is C10H13BrN2O. The van der Waals surface area contributed by atoms with Crippen LogP contribution in [0.25, 0.3) is 0 Å². The molecule has 1 aliphatic rings. The van der Waals surface area contributed by atoms with Gasteiger partial charge in [0, 0.05) is 29.8 Å². The SMILES string of the molecule is Brc1ccnc(OCN2CCCC2)c1. The van der Waals surface area contributed by atoms with Gasteiger partial charge in [-0.25, -0.2) is 4.98 Å². The molecular weight excluding hydrogens is 244 g/mol. The van der Waals surface area contributed by atoms with Crippen LogP contribution in [-0.4, -0.2) is 29.7 Å². The summed E-state index contributed by atoms with van der Waals surface area (Å²) >= 11 is 3.38. The van der Waals surface area contributed by atoms with Crippen LogP contribution in [0.1, 0.15) is 12.8 Å². The monoisotopic (exact) mass is 256 g/mol. The highest BCUT2D eigenvalue weighted by Gasteiger charge is 2.11. The zero-order valence-corrected chi connectivity index (χ0v) is 9.53. The van der Waals surface area contributed by atoms with Crippen molar-refractivity contribution in [3.8, 4) is 5.88 Å². The molecule has 0 spiro atoms. The van der Waals surface area contributed by atoms with Gasteiger partial charge in [0.15, 0.2) is 0 Å². The van der Waals surface area contributed by atoms with Crippen molar-refractivity contribution in [3.63, 3.8) is 0 Å². The number of ether oxygens (including phenoxy) is 1. The standard InChI is InChI=1S/C10H13BrN2O/c11-9-3-4-12-10(7-9)14-8-13-5-1-2-6-13/h3-4,7H,1-2,5-6,8H2. The van der Waals surface area contributed by atoms with Gasteiger partial charge in [0.2, 0.25) is 5.88 Å². The summed E-state index contributed by atoms with van der Waals surface area (Å²) in [4.78, 5) is 6.42. The maximum Gasteiger partial charge on any atom is 0.215 e. The first-order chi connectivity index (χ1) is 6.84. The largest absolute Gasteiger partial charge is 0.461 e. The van der Waals surface area contributed by atoms with Gasteiger partial charge in [0.1, 0.15) is 6.73 Å². The van der Waals surface area contributed by atoms with Gasteiger partial charge in [-0.15, -0.1) is 0 Å². The summed E-state index contributed by atoms with van der Waals surface area (Å²) in [5.74, 6) is 0.686. The number of halogens is 1. The van der Waals surface area contributed by atoms with Gasteiger partial charge in [-0.05, 0) is 18.9 Å². The van der Waals surface area contributed by atoms with Crippen molar-refractivity contribution >= 4 is 15.9 Å².